The van der Waals surface area contributed by atoms with Gasteiger partial charge in [-0.3, -0.25) is 0 Å². The number of nitrogens with zero attached hydrogens (tertiary/aromatic N) is 1. The van der Waals surface area contributed by atoms with Crippen LogP contribution in [0.5, 0.6) is 0 Å². The summed E-state index contributed by atoms with van der Waals surface area (Å²) in [6.45, 7) is 0. The molecule has 0 atom stereocenters. The van der Waals surface area contributed by atoms with Crippen LogP contribution in [0.3, 0.4) is 0 Å². The average molecular weight is 270 g/mol. The molecule has 2 rings (SSSR count). The van der Waals surface area contributed by atoms with Gasteiger partial charge in [-0.2, -0.15) is 5.26 Å². The molecule has 1 aromatic heterocycles. The molecule has 0 aliphatic rings. The molecule has 1 heterocycles. The van der Waals surface area contributed by atoms with E-state index in [0.29, 0.717) is 11.1 Å². The largest absolute Gasteiger partial charge is 0.205 e. The Hall–Kier alpha value is -0.920. The zero-order valence-electron chi connectivity index (χ0n) is 7.05. The molecule has 14 heavy (non-hydrogen) atoms. The molecule has 0 saturated heterocycles. The first-order valence-electron chi connectivity index (χ1n) is 3.95. The van der Waals surface area contributed by atoms with Crippen LogP contribution in [0, 0.1) is 17.1 Å². The van der Waals surface area contributed by atoms with Gasteiger partial charge in [0, 0.05) is 9.35 Å². The second-order valence-corrected chi connectivity index (χ2v) is 4.91. The van der Waals surface area contributed by atoms with Gasteiger partial charge < -0.3 is 0 Å². The number of fused-ring (bicyclic) bond motifs is 1. The fourth-order valence-corrected chi connectivity index (χ4v) is 2.72. The third-order valence-corrected chi connectivity index (χ3v) is 3.46. The summed E-state index contributed by atoms with van der Waals surface area (Å²) in [6.07, 6.45) is 0.344. The molecule has 1 nitrogen and oxygen atoms in total. The van der Waals surface area contributed by atoms with Crippen molar-refractivity contribution in [3.05, 3.63) is 33.4 Å². The Balaban J connectivity index is 2.66. The van der Waals surface area contributed by atoms with Gasteiger partial charge in [-0.05, 0) is 23.6 Å². The van der Waals surface area contributed by atoms with Crippen LogP contribution in [0.4, 0.5) is 4.39 Å². The van der Waals surface area contributed by atoms with E-state index in [1.165, 1.54) is 17.4 Å². The van der Waals surface area contributed by atoms with Crippen molar-refractivity contribution in [3.8, 4) is 6.07 Å². The van der Waals surface area contributed by atoms with Crippen molar-refractivity contribution in [1.82, 2.24) is 0 Å². The average Bonchev–Trinajstić information content (AvgIpc) is 2.48. The van der Waals surface area contributed by atoms with E-state index in [2.05, 4.69) is 22.0 Å². The van der Waals surface area contributed by atoms with Crippen molar-refractivity contribution in [1.29, 1.82) is 5.26 Å². The summed E-state index contributed by atoms with van der Waals surface area (Å²) in [4.78, 5) is 0.902. The minimum Gasteiger partial charge on any atom is -0.205 e. The highest BCUT2D eigenvalue weighted by molar-refractivity contribution is 9.10. The van der Waals surface area contributed by atoms with Gasteiger partial charge in [0.1, 0.15) is 5.82 Å². The Morgan fingerprint density at radius 2 is 2.21 bits per heavy atom. The van der Waals surface area contributed by atoms with E-state index in [4.69, 9.17) is 5.26 Å². The highest BCUT2D eigenvalue weighted by Gasteiger charge is 2.07. The van der Waals surface area contributed by atoms with Gasteiger partial charge in [-0.25, -0.2) is 4.39 Å². The predicted octanol–water partition coefficient (Wildman–Crippen LogP) is 3.87. The molecule has 0 N–H and O–H groups in total. The third-order valence-electron chi connectivity index (χ3n) is 1.84. The third kappa shape index (κ3) is 1.66. The van der Waals surface area contributed by atoms with Crippen molar-refractivity contribution in [3.63, 3.8) is 0 Å². The van der Waals surface area contributed by atoms with Crippen LogP contribution in [0.15, 0.2) is 22.7 Å². The minimum atomic E-state index is -0.233. The number of hydrogen-bond acceptors (Lipinski definition) is 2. The highest BCUT2D eigenvalue weighted by atomic mass is 79.9. The first-order valence-corrected chi connectivity index (χ1v) is 5.56. The summed E-state index contributed by atoms with van der Waals surface area (Å²) in [5.41, 5.74) is 0. The molecule has 0 amide bonds. The highest BCUT2D eigenvalue weighted by Crippen LogP contribution is 2.31. The monoisotopic (exact) mass is 269 g/mol. The molecule has 0 bridgehead atoms. The maximum absolute atomic E-state index is 13.4. The SMILES string of the molecule is N#CCc1cc2cc(Br)cc(F)c2s1. The van der Waals surface area contributed by atoms with E-state index in [1.54, 1.807) is 0 Å². The fraction of sp³-hybridized carbons (Fsp3) is 0.100. The number of rotatable bonds is 1. The van der Waals surface area contributed by atoms with E-state index in [-0.39, 0.29) is 5.82 Å². The van der Waals surface area contributed by atoms with Gasteiger partial charge >= 0.3 is 0 Å². The van der Waals surface area contributed by atoms with Crippen LogP contribution >= 0.6 is 27.3 Å². The number of halogens is 2. The number of hydrogen-bond donors (Lipinski definition) is 0. The maximum atomic E-state index is 13.4. The Kier molecular flexibility index (Phi) is 2.53. The summed E-state index contributed by atoms with van der Waals surface area (Å²) in [5.74, 6) is -0.233. The molecular formula is C10H5BrFNS. The lowest BCUT2D eigenvalue weighted by Gasteiger charge is -1.92. The van der Waals surface area contributed by atoms with Crippen molar-refractivity contribution in [2.75, 3.05) is 0 Å². The van der Waals surface area contributed by atoms with Crippen LogP contribution in [0.25, 0.3) is 10.1 Å². The Morgan fingerprint density at radius 1 is 1.43 bits per heavy atom. The van der Waals surface area contributed by atoms with Crippen LogP contribution in [-0.2, 0) is 6.42 Å². The van der Waals surface area contributed by atoms with E-state index in [0.717, 1.165) is 14.7 Å². The molecule has 1 aromatic carbocycles. The van der Waals surface area contributed by atoms with Crippen LogP contribution in [-0.4, -0.2) is 0 Å². The summed E-state index contributed by atoms with van der Waals surface area (Å²) in [5, 5.41) is 9.38. The van der Waals surface area contributed by atoms with Crippen molar-refractivity contribution < 1.29 is 4.39 Å². The van der Waals surface area contributed by atoms with Crippen molar-refractivity contribution in [2.24, 2.45) is 0 Å². The van der Waals surface area contributed by atoms with Crippen LogP contribution in [0.1, 0.15) is 4.88 Å². The first kappa shape index (κ1) is 9.63. The van der Waals surface area contributed by atoms with Crippen LogP contribution < -0.4 is 0 Å². The quantitative estimate of drug-likeness (QED) is 0.771. The Labute approximate surface area is 92.9 Å². The minimum absolute atomic E-state index is 0.233. The van der Waals surface area contributed by atoms with E-state index in [1.807, 2.05) is 12.1 Å². The molecule has 0 unspecified atom stereocenters. The molecule has 0 aliphatic carbocycles. The number of thiophene rings is 1. The molecule has 2 aromatic rings. The van der Waals surface area contributed by atoms with Crippen LogP contribution in [0.2, 0.25) is 0 Å². The summed E-state index contributed by atoms with van der Waals surface area (Å²) < 4.78 is 14.7. The molecule has 0 aliphatic heterocycles. The van der Waals surface area contributed by atoms with E-state index >= 15 is 0 Å². The lowest BCUT2D eigenvalue weighted by Crippen LogP contribution is -1.72. The summed E-state index contributed by atoms with van der Waals surface area (Å²) in [7, 11) is 0. The van der Waals surface area contributed by atoms with E-state index < -0.39 is 0 Å². The van der Waals surface area contributed by atoms with E-state index in [9.17, 15) is 4.39 Å². The molecule has 4 heteroatoms. The molecule has 70 valence electrons. The molecule has 0 spiro atoms. The standard InChI is InChI=1S/C10H5BrFNS/c11-7-3-6-4-8(1-2-13)14-10(6)9(12)5-7/h3-5H,1H2. The topological polar surface area (TPSA) is 23.8 Å². The maximum Gasteiger partial charge on any atom is 0.142 e. The molecule has 0 saturated carbocycles. The second kappa shape index (κ2) is 3.68. The van der Waals surface area contributed by atoms with Gasteiger partial charge in [0.15, 0.2) is 0 Å². The van der Waals surface area contributed by atoms with Crippen molar-refractivity contribution >= 4 is 37.4 Å². The second-order valence-electron chi connectivity index (χ2n) is 2.85. The molecular weight excluding hydrogens is 265 g/mol. The van der Waals surface area contributed by atoms with Crippen molar-refractivity contribution in [2.45, 2.75) is 6.42 Å². The summed E-state index contributed by atoms with van der Waals surface area (Å²) in [6, 6.07) is 7.21. The zero-order chi connectivity index (χ0) is 10.1. The number of benzene rings is 1. The first-order chi connectivity index (χ1) is 6.70. The van der Waals surface area contributed by atoms with Gasteiger partial charge in [0.05, 0.1) is 17.2 Å². The molecule has 0 fully saturated rings. The summed E-state index contributed by atoms with van der Waals surface area (Å²) >= 11 is 4.57. The molecule has 0 radical (unpaired) electrons. The zero-order valence-corrected chi connectivity index (χ0v) is 9.45. The number of nitriles is 1. The van der Waals surface area contributed by atoms with Gasteiger partial charge in [-0.1, -0.05) is 15.9 Å². The lowest BCUT2D eigenvalue weighted by molar-refractivity contribution is 0.641. The predicted molar refractivity (Wildman–Crippen MR) is 58.8 cm³/mol. The Bertz CT molecular complexity index is 527. The Morgan fingerprint density at radius 3 is 2.93 bits per heavy atom. The van der Waals surface area contributed by atoms with Gasteiger partial charge in [-0.15, -0.1) is 11.3 Å². The lowest BCUT2D eigenvalue weighted by atomic mass is 10.2. The fourth-order valence-electron chi connectivity index (χ4n) is 1.29. The smallest absolute Gasteiger partial charge is 0.142 e. The van der Waals surface area contributed by atoms with Gasteiger partial charge in [0.25, 0.3) is 0 Å². The van der Waals surface area contributed by atoms with Gasteiger partial charge in [0.2, 0.25) is 0 Å². The normalized spacial score (nSPS) is 10.4.